The number of fused-ring (bicyclic) bond motifs is 1. The molecule has 5 nitrogen and oxygen atoms in total. The Kier molecular flexibility index (Phi) is 6.57. The Hall–Kier alpha value is -2.89. The number of piperidine rings is 1. The predicted molar refractivity (Wildman–Crippen MR) is 140 cm³/mol. The zero-order valence-corrected chi connectivity index (χ0v) is 20.8. The van der Waals surface area contributed by atoms with Crippen molar-refractivity contribution in [2.75, 3.05) is 13.2 Å². The van der Waals surface area contributed by atoms with Gasteiger partial charge in [0.05, 0.1) is 23.3 Å². The van der Waals surface area contributed by atoms with Crippen molar-refractivity contribution in [1.29, 1.82) is 0 Å². The summed E-state index contributed by atoms with van der Waals surface area (Å²) < 4.78 is 8.37. The van der Waals surface area contributed by atoms with Crippen LogP contribution in [0.25, 0.3) is 33.2 Å². The summed E-state index contributed by atoms with van der Waals surface area (Å²) in [4.78, 5) is 4.78. The van der Waals surface area contributed by atoms with Gasteiger partial charge in [-0.15, -0.1) is 0 Å². The van der Waals surface area contributed by atoms with Crippen molar-refractivity contribution < 1.29 is 4.74 Å². The summed E-state index contributed by atoms with van der Waals surface area (Å²) in [5.41, 5.74) is 7.31. The molecule has 1 fully saturated rings. The second kappa shape index (κ2) is 9.77. The van der Waals surface area contributed by atoms with E-state index < -0.39 is 0 Å². The lowest BCUT2D eigenvalue weighted by Gasteiger charge is -2.24. The summed E-state index contributed by atoms with van der Waals surface area (Å²) in [5, 5.41) is 9.58. The Morgan fingerprint density at radius 3 is 2.56 bits per heavy atom. The van der Waals surface area contributed by atoms with Crippen LogP contribution in [0.5, 0.6) is 5.75 Å². The number of aromatic nitrogens is 3. The number of hydrogen-bond donors (Lipinski definition) is 1. The van der Waals surface area contributed by atoms with E-state index in [-0.39, 0.29) is 0 Å². The molecule has 4 aromatic rings. The lowest BCUT2D eigenvalue weighted by atomic mass is 9.98. The second-order valence-corrected chi connectivity index (χ2v) is 9.82. The number of aryl methyl sites for hydroxylation is 3. The Morgan fingerprint density at radius 2 is 1.85 bits per heavy atom. The molecule has 176 valence electrons. The van der Waals surface area contributed by atoms with Crippen molar-refractivity contribution >= 4 is 22.5 Å². The highest BCUT2D eigenvalue weighted by molar-refractivity contribution is 6.34. The molecular weight excluding hydrogens is 444 g/mol. The molecular formula is C28H31ClN4O. The van der Waals surface area contributed by atoms with Gasteiger partial charge in [0.15, 0.2) is 0 Å². The first-order valence-electron chi connectivity index (χ1n) is 12.0. The molecule has 1 atom stereocenters. The van der Waals surface area contributed by atoms with E-state index in [0.717, 1.165) is 51.9 Å². The van der Waals surface area contributed by atoms with Gasteiger partial charge in [-0.05, 0) is 57.4 Å². The lowest BCUT2D eigenvalue weighted by molar-refractivity contribution is 0.271. The number of hydrogen-bond acceptors (Lipinski definition) is 4. The maximum absolute atomic E-state index is 6.68. The minimum atomic E-state index is 0.520. The van der Waals surface area contributed by atoms with Crippen molar-refractivity contribution in [1.82, 2.24) is 20.1 Å². The number of ether oxygens (including phenoxy) is 1. The molecule has 0 radical (unpaired) electrons. The summed E-state index contributed by atoms with van der Waals surface area (Å²) in [6, 6.07) is 11.1. The van der Waals surface area contributed by atoms with Crippen LogP contribution >= 0.6 is 11.6 Å². The number of halogens is 1. The van der Waals surface area contributed by atoms with E-state index in [4.69, 9.17) is 21.3 Å². The monoisotopic (exact) mass is 474 g/mol. The molecule has 1 N–H and O–H groups in total. The average molecular weight is 475 g/mol. The SMILES string of the molecule is Cc1cc(C)cc(-c2cnc3cc(Cl)c(-c4cnn(C)c4)cc3c2OCC[C@H]2CCCCN2)c1. The summed E-state index contributed by atoms with van der Waals surface area (Å²) >= 11 is 6.68. The van der Waals surface area contributed by atoms with Crippen molar-refractivity contribution in [3.63, 3.8) is 0 Å². The molecule has 2 aromatic carbocycles. The van der Waals surface area contributed by atoms with Gasteiger partial charge in [0.25, 0.3) is 0 Å². The van der Waals surface area contributed by atoms with E-state index in [2.05, 4.69) is 48.5 Å². The fourth-order valence-corrected chi connectivity index (χ4v) is 5.20. The van der Waals surface area contributed by atoms with Crippen LogP contribution in [0.4, 0.5) is 0 Å². The molecule has 0 spiro atoms. The molecule has 0 amide bonds. The van der Waals surface area contributed by atoms with Crippen LogP contribution in [0.1, 0.15) is 36.8 Å². The van der Waals surface area contributed by atoms with Gasteiger partial charge in [0, 0.05) is 47.6 Å². The molecule has 0 aliphatic carbocycles. The van der Waals surface area contributed by atoms with Gasteiger partial charge in [-0.3, -0.25) is 9.67 Å². The number of rotatable bonds is 6. The maximum Gasteiger partial charge on any atom is 0.138 e. The minimum Gasteiger partial charge on any atom is -0.492 e. The molecule has 1 aliphatic rings. The van der Waals surface area contributed by atoms with Crippen LogP contribution in [0.2, 0.25) is 5.02 Å². The average Bonchev–Trinajstić information content (AvgIpc) is 3.24. The van der Waals surface area contributed by atoms with Crippen molar-refractivity contribution in [2.45, 2.75) is 45.6 Å². The summed E-state index contributed by atoms with van der Waals surface area (Å²) in [6.07, 6.45) is 10.5. The molecule has 34 heavy (non-hydrogen) atoms. The van der Waals surface area contributed by atoms with Crippen LogP contribution < -0.4 is 10.1 Å². The normalized spacial score (nSPS) is 16.2. The van der Waals surface area contributed by atoms with Gasteiger partial charge in [0.1, 0.15) is 5.75 Å². The fourth-order valence-electron chi connectivity index (χ4n) is 4.94. The van der Waals surface area contributed by atoms with Gasteiger partial charge >= 0.3 is 0 Å². The highest BCUT2D eigenvalue weighted by Gasteiger charge is 2.18. The van der Waals surface area contributed by atoms with Gasteiger partial charge < -0.3 is 10.1 Å². The first kappa shape index (κ1) is 22.9. The highest BCUT2D eigenvalue weighted by Crippen LogP contribution is 2.40. The first-order chi connectivity index (χ1) is 16.5. The number of benzene rings is 2. The minimum absolute atomic E-state index is 0.520. The third-order valence-corrected chi connectivity index (χ3v) is 6.89. The molecule has 1 saturated heterocycles. The van der Waals surface area contributed by atoms with Crippen molar-refractivity contribution in [3.05, 3.63) is 65.1 Å². The quantitative estimate of drug-likeness (QED) is 0.347. The summed E-state index contributed by atoms with van der Waals surface area (Å²) in [7, 11) is 1.91. The smallest absolute Gasteiger partial charge is 0.138 e. The highest BCUT2D eigenvalue weighted by atomic mass is 35.5. The second-order valence-electron chi connectivity index (χ2n) is 9.41. The standard InChI is InChI=1S/C28H31ClN4O/c1-18-10-19(2)12-20(11-18)25-16-31-27-14-26(29)23(21-15-32-33(3)17-21)13-24(27)28(25)34-9-7-22-6-4-5-8-30-22/h10-17,22,30H,4-9H2,1-3H3/t22-/m1/s1. The van der Waals surface area contributed by atoms with Crippen LogP contribution in [-0.4, -0.2) is 34.0 Å². The van der Waals surface area contributed by atoms with Gasteiger partial charge in [-0.25, -0.2) is 0 Å². The summed E-state index contributed by atoms with van der Waals surface area (Å²) in [6.45, 7) is 6.00. The molecule has 0 unspecified atom stereocenters. The van der Waals surface area contributed by atoms with Crippen LogP contribution in [0, 0.1) is 13.8 Å². The van der Waals surface area contributed by atoms with Gasteiger partial charge in [0.2, 0.25) is 0 Å². The van der Waals surface area contributed by atoms with E-state index in [0.29, 0.717) is 17.7 Å². The summed E-state index contributed by atoms with van der Waals surface area (Å²) in [5.74, 6) is 0.868. The van der Waals surface area contributed by atoms with E-state index in [1.807, 2.05) is 31.7 Å². The van der Waals surface area contributed by atoms with Crippen molar-refractivity contribution in [2.24, 2.45) is 7.05 Å². The molecule has 1 aliphatic heterocycles. The largest absolute Gasteiger partial charge is 0.492 e. The predicted octanol–water partition coefficient (Wildman–Crippen LogP) is 6.48. The molecule has 0 bridgehead atoms. The zero-order chi connectivity index (χ0) is 23.7. The molecule has 6 heteroatoms. The number of nitrogens with one attached hydrogen (secondary N) is 1. The van der Waals surface area contributed by atoms with E-state index in [9.17, 15) is 0 Å². The third-order valence-electron chi connectivity index (χ3n) is 6.58. The van der Waals surface area contributed by atoms with Gasteiger partial charge in [-0.2, -0.15) is 5.10 Å². The van der Waals surface area contributed by atoms with E-state index in [1.165, 1.54) is 30.4 Å². The third kappa shape index (κ3) is 4.82. The Labute approximate surface area is 206 Å². The number of pyridine rings is 1. The van der Waals surface area contributed by atoms with E-state index in [1.54, 1.807) is 4.68 Å². The lowest BCUT2D eigenvalue weighted by Crippen LogP contribution is -2.35. The molecule has 5 rings (SSSR count). The topological polar surface area (TPSA) is 52.0 Å². The first-order valence-corrected chi connectivity index (χ1v) is 12.4. The van der Waals surface area contributed by atoms with Gasteiger partial charge in [-0.1, -0.05) is 47.3 Å². The molecule has 2 aromatic heterocycles. The maximum atomic E-state index is 6.68. The Balaban J connectivity index is 1.60. The zero-order valence-electron chi connectivity index (χ0n) is 20.1. The van der Waals surface area contributed by atoms with Crippen LogP contribution in [0.15, 0.2) is 48.9 Å². The van der Waals surface area contributed by atoms with E-state index >= 15 is 0 Å². The van der Waals surface area contributed by atoms with Crippen molar-refractivity contribution in [3.8, 4) is 28.0 Å². The number of nitrogens with zero attached hydrogens (tertiary/aromatic N) is 3. The molecule has 0 saturated carbocycles. The molecule has 3 heterocycles. The van der Waals surface area contributed by atoms with Crippen LogP contribution in [-0.2, 0) is 7.05 Å². The Bertz CT molecular complexity index is 1300. The fraction of sp³-hybridized carbons (Fsp3) is 0.357. The van der Waals surface area contributed by atoms with Crippen LogP contribution in [0.3, 0.4) is 0 Å². The Morgan fingerprint density at radius 1 is 1.03 bits per heavy atom.